The average molecular weight is 182 g/mol. The van der Waals surface area contributed by atoms with Crippen molar-refractivity contribution in [3.63, 3.8) is 0 Å². The molecule has 2 rings (SSSR count). The SMILES string of the molecule is OB(O)N1C=CC=NC1OC1CC1. The summed E-state index contributed by atoms with van der Waals surface area (Å²) in [6, 6.07) is 0. The van der Waals surface area contributed by atoms with Crippen LogP contribution in [0.15, 0.2) is 17.3 Å². The van der Waals surface area contributed by atoms with Crippen LogP contribution < -0.4 is 0 Å². The topological polar surface area (TPSA) is 65.3 Å². The Labute approximate surface area is 76.5 Å². The molecule has 2 aliphatic rings. The second-order valence-corrected chi connectivity index (χ2v) is 3.10. The number of hydrogen-bond donors (Lipinski definition) is 2. The minimum atomic E-state index is -1.56. The third-order valence-electron chi connectivity index (χ3n) is 1.92. The van der Waals surface area contributed by atoms with Gasteiger partial charge in [0.05, 0.1) is 6.10 Å². The molecule has 2 N–H and O–H groups in total. The van der Waals surface area contributed by atoms with Crippen molar-refractivity contribution in [2.45, 2.75) is 25.3 Å². The zero-order chi connectivity index (χ0) is 9.26. The van der Waals surface area contributed by atoms with Crippen LogP contribution in [0, 0.1) is 0 Å². The van der Waals surface area contributed by atoms with Crippen molar-refractivity contribution in [1.29, 1.82) is 0 Å². The summed E-state index contributed by atoms with van der Waals surface area (Å²) in [6.45, 7) is 0. The summed E-state index contributed by atoms with van der Waals surface area (Å²) in [5.74, 6) is 0. The molecule has 70 valence electrons. The van der Waals surface area contributed by atoms with Crippen molar-refractivity contribution < 1.29 is 14.8 Å². The Morgan fingerprint density at radius 3 is 2.85 bits per heavy atom. The first-order valence-corrected chi connectivity index (χ1v) is 4.26. The van der Waals surface area contributed by atoms with Crippen LogP contribution in [-0.4, -0.2) is 40.8 Å². The van der Waals surface area contributed by atoms with Gasteiger partial charge in [-0.05, 0) is 25.1 Å². The van der Waals surface area contributed by atoms with Gasteiger partial charge in [0.1, 0.15) is 0 Å². The van der Waals surface area contributed by atoms with Gasteiger partial charge in [0.15, 0.2) is 0 Å². The fraction of sp³-hybridized carbons (Fsp3) is 0.571. The second kappa shape index (κ2) is 3.49. The quantitative estimate of drug-likeness (QED) is 0.567. The number of rotatable bonds is 3. The maximum absolute atomic E-state index is 8.96. The molecule has 5 nitrogen and oxygen atoms in total. The van der Waals surface area contributed by atoms with Gasteiger partial charge in [-0.3, -0.25) is 0 Å². The van der Waals surface area contributed by atoms with Crippen LogP contribution in [-0.2, 0) is 4.74 Å². The first-order valence-electron chi connectivity index (χ1n) is 4.26. The van der Waals surface area contributed by atoms with Crippen LogP contribution in [0.5, 0.6) is 0 Å². The Hall–Kier alpha value is -0.845. The first-order chi connectivity index (χ1) is 6.27. The summed E-state index contributed by atoms with van der Waals surface area (Å²) >= 11 is 0. The standard InChI is InChI=1S/C7H11BN2O3/c11-8(12)10-5-1-4-9-7(10)13-6-2-3-6/h1,4-7,11-12H,2-3H2. The number of aliphatic imine (C=N–C) groups is 1. The summed E-state index contributed by atoms with van der Waals surface area (Å²) in [5.41, 5.74) is 0. The van der Waals surface area contributed by atoms with Crippen LogP contribution >= 0.6 is 0 Å². The molecule has 0 radical (unpaired) electrons. The lowest BCUT2D eigenvalue weighted by Gasteiger charge is -2.28. The molecular weight excluding hydrogens is 171 g/mol. The van der Waals surface area contributed by atoms with Gasteiger partial charge in [0.25, 0.3) is 0 Å². The van der Waals surface area contributed by atoms with E-state index in [0.717, 1.165) is 12.8 Å². The van der Waals surface area contributed by atoms with E-state index < -0.39 is 13.6 Å². The molecule has 0 saturated heterocycles. The molecule has 0 bridgehead atoms. The maximum Gasteiger partial charge on any atom is 0.590 e. The molecule has 1 atom stereocenters. The normalized spacial score (nSPS) is 26.6. The van der Waals surface area contributed by atoms with Crippen LogP contribution in [0.2, 0.25) is 0 Å². The lowest BCUT2D eigenvalue weighted by Crippen LogP contribution is -2.45. The number of allylic oxidation sites excluding steroid dienone is 1. The van der Waals surface area contributed by atoms with Gasteiger partial charge < -0.3 is 19.6 Å². The maximum atomic E-state index is 8.96. The smallest absolute Gasteiger partial charge is 0.408 e. The average Bonchev–Trinajstić information content (AvgIpc) is 2.89. The summed E-state index contributed by atoms with van der Waals surface area (Å²) < 4.78 is 5.43. The molecule has 6 heteroatoms. The monoisotopic (exact) mass is 182 g/mol. The van der Waals surface area contributed by atoms with E-state index in [1.165, 1.54) is 4.81 Å². The molecule has 1 unspecified atom stereocenters. The predicted molar refractivity (Wildman–Crippen MR) is 47.6 cm³/mol. The fourth-order valence-electron chi connectivity index (χ4n) is 1.08. The van der Waals surface area contributed by atoms with Crippen LogP contribution in [0.4, 0.5) is 0 Å². The number of nitrogens with zero attached hydrogens (tertiary/aromatic N) is 2. The predicted octanol–water partition coefficient (Wildman–Crippen LogP) is -0.681. The fourth-order valence-corrected chi connectivity index (χ4v) is 1.08. The Kier molecular flexibility index (Phi) is 2.35. The molecule has 1 saturated carbocycles. The third kappa shape index (κ3) is 2.09. The zero-order valence-electron chi connectivity index (χ0n) is 7.08. The van der Waals surface area contributed by atoms with E-state index in [1.54, 1.807) is 18.5 Å². The minimum Gasteiger partial charge on any atom is -0.408 e. The van der Waals surface area contributed by atoms with Crippen molar-refractivity contribution in [2.24, 2.45) is 4.99 Å². The summed E-state index contributed by atoms with van der Waals surface area (Å²) in [4.78, 5) is 5.23. The van der Waals surface area contributed by atoms with Crippen molar-refractivity contribution >= 4 is 13.5 Å². The highest BCUT2D eigenvalue weighted by Gasteiger charge is 2.32. The van der Waals surface area contributed by atoms with Gasteiger partial charge in [-0.1, -0.05) is 0 Å². The van der Waals surface area contributed by atoms with E-state index >= 15 is 0 Å². The Morgan fingerprint density at radius 1 is 1.46 bits per heavy atom. The molecule has 1 aliphatic heterocycles. The van der Waals surface area contributed by atoms with Crippen LogP contribution in [0.25, 0.3) is 0 Å². The van der Waals surface area contributed by atoms with E-state index in [1.807, 2.05) is 0 Å². The summed E-state index contributed by atoms with van der Waals surface area (Å²) in [7, 11) is -1.56. The highest BCUT2D eigenvalue weighted by atomic mass is 16.5. The number of ether oxygens (including phenoxy) is 1. The largest absolute Gasteiger partial charge is 0.590 e. The molecule has 1 fully saturated rings. The van der Waals surface area contributed by atoms with Crippen molar-refractivity contribution in [3.05, 3.63) is 12.3 Å². The van der Waals surface area contributed by atoms with E-state index in [4.69, 9.17) is 14.8 Å². The molecular formula is C7H11BN2O3. The first kappa shape index (κ1) is 8.74. The van der Waals surface area contributed by atoms with Gasteiger partial charge in [-0.15, -0.1) is 0 Å². The lowest BCUT2D eigenvalue weighted by atomic mass is 10.1. The third-order valence-corrected chi connectivity index (χ3v) is 1.92. The van der Waals surface area contributed by atoms with E-state index in [2.05, 4.69) is 4.99 Å². The lowest BCUT2D eigenvalue weighted by molar-refractivity contribution is -0.0217. The van der Waals surface area contributed by atoms with E-state index in [9.17, 15) is 0 Å². The molecule has 0 aromatic heterocycles. The van der Waals surface area contributed by atoms with Crippen LogP contribution in [0.1, 0.15) is 12.8 Å². The molecule has 1 aliphatic carbocycles. The summed E-state index contributed by atoms with van der Waals surface area (Å²) in [6.07, 6.45) is 6.48. The minimum absolute atomic E-state index is 0.231. The molecule has 0 spiro atoms. The van der Waals surface area contributed by atoms with Crippen molar-refractivity contribution in [2.75, 3.05) is 0 Å². The molecule has 13 heavy (non-hydrogen) atoms. The van der Waals surface area contributed by atoms with Gasteiger partial charge in [-0.25, -0.2) is 4.99 Å². The van der Waals surface area contributed by atoms with E-state index in [0.29, 0.717) is 0 Å². The summed E-state index contributed by atoms with van der Waals surface area (Å²) in [5, 5.41) is 17.9. The Bertz CT molecular complexity index is 240. The van der Waals surface area contributed by atoms with Gasteiger partial charge in [0, 0.05) is 6.21 Å². The second-order valence-electron chi connectivity index (χ2n) is 3.10. The zero-order valence-corrected chi connectivity index (χ0v) is 7.08. The molecule has 0 amide bonds. The van der Waals surface area contributed by atoms with E-state index in [-0.39, 0.29) is 6.10 Å². The Balaban J connectivity index is 1.96. The molecule has 1 heterocycles. The Morgan fingerprint density at radius 2 is 2.23 bits per heavy atom. The highest BCUT2D eigenvalue weighted by molar-refractivity contribution is 6.38. The van der Waals surface area contributed by atoms with Gasteiger partial charge >= 0.3 is 7.25 Å². The highest BCUT2D eigenvalue weighted by Crippen LogP contribution is 2.26. The van der Waals surface area contributed by atoms with Crippen LogP contribution in [0.3, 0.4) is 0 Å². The molecule has 0 aromatic rings. The van der Waals surface area contributed by atoms with Gasteiger partial charge in [0.2, 0.25) is 6.35 Å². The number of hydrogen-bond acceptors (Lipinski definition) is 5. The molecule has 0 aromatic carbocycles. The van der Waals surface area contributed by atoms with Crippen molar-refractivity contribution in [1.82, 2.24) is 4.81 Å². The van der Waals surface area contributed by atoms with Crippen molar-refractivity contribution in [3.8, 4) is 0 Å². The van der Waals surface area contributed by atoms with Gasteiger partial charge in [-0.2, -0.15) is 0 Å².